The molecule has 1 aliphatic heterocycles. The average molecular weight is 277 g/mol. The monoisotopic (exact) mass is 277 g/mol. The molecule has 2 unspecified atom stereocenters. The Kier molecular flexibility index (Phi) is 4.62. The molecule has 3 N–H and O–H groups in total. The van der Waals surface area contributed by atoms with Gasteiger partial charge >= 0.3 is 0 Å². The van der Waals surface area contributed by atoms with E-state index in [0.717, 1.165) is 12.0 Å². The molecular formula is C15H23N3O2. The third-order valence-corrected chi connectivity index (χ3v) is 3.76. The van der Waals surface area contributed by atoms with E-state index in [4.69, 9.17) is 10.6 Å². The van der Waals surface area contributed by atoms with Gasteiger partial charge in [-0.05, 0) is 38.0 Å². The molecule has 5 nitrogen and oxygen atoms in total. The highest BCUT2D eigenvalue weighted by Gasteiger charge is 2.30. The molecule has 1 amide bonds. The topological polar surface area (TPSA) is 67.6 Å². The van der Waals surface area contributed by atoms with Crippen LogP contribution < -0.4 is 11.3 Å². The Labute approximate surface area is 120 Å². The van der Waals surface area contributed by atoms with Crippen molar-refractivity contribution in [3.8, 4) is 0 Å². The number of amides is 1. The third kappa shape index (κ3) is 2.94. The van der Waals surface area contributed by atoms with E-state index >= 15 is 0 Å². The Morgan fingerprint density at radius 3 is 2.95 bits per heavy atom. The normalized spacial score (nSPS) is 22.7. The van der Waals surface area contributed by atoms with Crippen LogP contribution in [0.1, 0.15) is 36.2 Å². The number of nitrogens with one attached hydrogen (secondary N) is 1. The number of hydrogen-bond donors (Lipinski definition) is 2. The van der Waals surface area contributed by atoms with E-state index in [1.54, 1.807) is 0 Å². The van der Waals surface area contributed by atoms with Crippen molar-refractivity contribution in [2.45, 2.75) is 39.3 Å². The van der Waals surface area contributed by atoms with Crippen molar-refractivity contribution in [3.05, 3.63) is 29.3 Å². The largest absolute Gasteiger partial charge is 0.375 e. The number of aryl methyl sites for hydroxylation is 1. The summed E-state index contributed by atoms with van der Waals surface area (Å²) in [5.74, 6) is 5.55. The summed E-state index contributed by atoms with van der Waals surface area (Å²) in [6, 6.07) is 5.78. The van der Waals surface area contributed by atoms with Crippen molar-refractivity contribution >= 4 is 11.6 Å². The number of benzene rings is 1. The molecule has 5 heteroatoms. The van der Waals surface area contributed by atoms with Gasteiger partial charge in [-0.15, -0.1) is 0 Å². The Morgan fingerprint density at radius 1 is 1.55 bits per heavy atom. The lowest BCUT2D eigenvalue weighted by molar-refractivity contribution is -0.0443. The van der Waals surface area contributed by atoms with Gasteiger partial charge in [0.25, 0.3) is 5.91 Å². The molecule has 1 fully saturated rings. The standard InChI is InChI=1S/C15H23N3O2/c1-4-12-9-20-11(3)8-18(12)15(19)13-6-5-10(2)7-14(13)17-16/h5-7,11-12,17H,4,8-9,16H2,1-3H3. The molecule has 2 rings (SSSR count). The van der Waals surface area contributed by atoms with E-state index in [0.29, 0.717) is 24.4 Å². The smallest absolute Gasteiger partial charge is 0.256 e. The number of hydrogen-bond acceptors (Lipinski definition) is 4. The van der Waals surface area contributed by atoms with Gasteiger partial charge in [-0.1, -0.05) is 13.0 Å². The minimum atomic E-state index is 0.0138. The van der Waals surface area contributed by atoms with Crippen molar-refractivity contribution in [3.63, 3.8) is 0 Å². The lowest BCUT2D eigenvalue weighted by atomic mass is 10.1. The Balaban J connectivity index is 2.29. The molecule has 0 bridgehead atoms. The fourth-order valence-corrected chi connectivity index (χ4v) is 2.55. The van der Waals surface area contributed by atoms with Gasteiger partial charge in [-0.25, -0.2) is 0 Å². The highest BCUT2D eigenvalue weighted by Crippen LogP contribution is 2.23. The van der Waals surface area contributed by atoms with Crippen molar-refractivity contribution < 1.29 is 9.53 Å². The zero-order valence-electron chi connectivity index (χ0n) is 12.3. The number of nitrogen functional groups attached to an aromatic ring is 1. The number of carbonyl (C=O) groups is 1. The molecule has 1 saturated heterocycles. The maximum Gasteiger partial charge on any atom is 0.256 e. The van der Waals surface area contributed by atoms with E-state index in [1.807, 2.05) is 36.9 Å². The summed E-state index contributed by atoms with van der Waals surface area (Å²) in [5, 5.41) is 0. The van der Waals surface area contributed by atoms with Crippen LogP contribution in [-0.2, 0) is 4.74 Å². The van der Waals surface area contributed by atoms with Crippen LogP contribution in [0.15, 0.2) is 18.2 Å². The molecule has 1 aromatic carbocycles. The fourth-order valence-electron chi connectivity index (χ4n) is 2.55. The summed E-state index contributed by atoms with van der Waals surface area (Å²) in [5.41, 5.74) is 4.97. The summed E-state index contributed by atoms with van der Waals surface area (Å²) < 4.78 is 5.64. The molecule has 0 aromatic heterocycles. The number of nitrogens with two attached hydrogens (primary N) is 1. The second-order valence-electron chi connectivity index (χ2n) is 5.36. The summed E-state index contributed by atoms with van der Waals surface area (Å²) in [6.07, 6.45) is 0.955. The lowest BCUT2D eigenvalue weighted by Crippen LogP contribution is -2.51. The number of anilines is 1. The van der Waals surface area contributed by atoms with Gasteiger partial charge in [-0.2, -0.15) is 0 Å². The van der Waals surface area contributed by atoms with E-state index in [2.05, 4.69) is 12.3 Å². The number of hydrazine groups is 1. The number of ether oxygens (including phenoxy) is 1. The SMILES string of the molecule is CCC1COC(C)CN1C(=O)c1ccc(C)cc1NN. The minimum absolute atomic E-state index is 0.0138. The Hall–Kier alpha value is -1.59. The van der Waals surface area contributed by atoms with Gasteiger partial charge in [0, 0.05) is 6.54 Å². The zero-order chi connectivity index (χ0) is 14.7. The highest BCUT2D eigenvalue weighted by molar-refractivity contribution is 6.00. The zero-order valence-corrected chi connectivity index (χ0v) is 12.3. The fraction of sp³-hybridized carbons (Fsp3) is 0.533. The molecule has 1 aliphatic rings. The summed E-state index contributed by atoms with van der Waals surface area (Å²) >= 11 is 0. The van der Waals surface area contributed by atoms with Crippen LogP contribution in [0.2, 0.25) is 0 Å². The first-order chi connectivity index (χ1) is 9.56. The second kappa shape index (κ2) is 6.24. The van der Waals surface area contributed by atoms with Crippen LogP contribution in [-0.4, -0.2) is 36.1 Å². The van der Waals surface area contributed by atoms with Crippen LogP contribution in [0, 0.1) is 6.92 Å². The number of carbonyl (C=O) groups excluding carboxylic acids is 1. The Bertz CT molecular complexity index is 490. The third-order valence-electron chi connectivity index (χ3n) is 3.76. The van der Waals surface area contributed by atoms with Crippen LogP contribution in [0.4, 0.5) is 5.69 Å². The molecule has 110 valence electrons. The molecule has 1 heterocycles. The van der Waals surface area contributed by atoms with Crippen LogP contribution in [0.3, 0.4) is 0 Å². The van der Waals surface area contributed by atoms with Gasteiger partial charge in [-0.3, -0.25) is 10.6 Å². The van der Waals surface area contributed by atoms with Crippen molar-refractivity contribution in [1.29, 1.82) is 0 Å². The van der Waals surface area contributed by atoms with E-state index < -0.39 is 0 Å². The minimum Gasteiger partial charge on any atom is -0.375 e. The molecule has 2 atom stereocenters. The Morgan fingerprint density at radius 2 is 2.30 bits per heavy atom. The average Bonchev–Trinajstić information content (AvgIpc) is 2.46. The van der Waals surface area contributed by atoms with Gasteiger partial charge in [0.05, 0.1) is 30.0 Å². The number of morpholine rings is 1. The van der Waals surface area contributed by atoms with E-state index in [-0.39, 0.29) is 18.1 Å². The lowest BCUT2D eigenvalue weighted by Gasteiger charge is -2.38. The number of nitrogens with zero attached hydrogens (tertiary/aromatic N) is 1. The predicted molar refractivity (Wildman–Crippen MR) is 79.5 cm³/mol. The van der Waals surface area contributed by atoms with E-state index in [9.17, 15) is 4.79 Å². The molecule has 0 saturated carbocycles. The molecule has 0 spiro atoms. The molecular weight excluding hydrogens is 254 g/mol. The maximum absolute atomic E-state index is 12.8. The molecule has 1 aromatic rings. The maximum atomic E-state index is 12.8. The predicted octanol–water partition coefficient (Wildman–Crippen LogP) is 1.92. The first-order valence-electron chi connectivity index (χ1n) is 7.06. The van der Waals surface area contributed by atoms with Gasteiger partial charge in [0.15, 0.2) is 0 Å². The van der Waals surface area contributed by atoms with Crippen molar-refractivity contribution in [2.75, 3.05) is 18.6 Å². The molecule has 20 heavy (non-hydrogen) atoms. The summed E-state index contributed by atoms with van der Waals surface area (Å²) in [6.45, 7) is 7.25. The van der Waals surface area contributed by atoms with Gasteiger partial charge in [0.2, 0.25) is 0 Å². The van der Waals surface area contributed by atoms with Gasteiger partial charge < -0.3 is 15.1 Å². The summed E-state index contributed by atoms with van der Waals surface area (Å²) in [4.78, 5) is 14.7. The van der Waals surface area contributed by atoms with Crippen molar-refractivity contribution in [1.82, 2.24) is 4.90 Å². The first-order valence-corrected chi connectivity index (χ1v) is 7.06. The number of rotatable bonds is 3. The summed E-state index contributed by atoms with van der Waals surface area (Å²) in [7, 11) is 0. The van der Waals surface area contributed by atoms with Crippen LogP contribution >= 0.6 is 0 Å². The van der Waals surface area contributed by atoms with Crippen molar-refractivity contribution in [2.24, 2.45) is 5.84 Å². The second-order valence-corrected chi connectivity index (χ2v) is 5.36. The highest BCUT2D eigenvalue weighted by atomic mass is 16.5. The van der Waals surface area contributed by atoms with Crippen LogP contribution in [0.5, 0.6) is 0 Å². The van der Waals surface area contributed by atoms with Gasteiger partial charge in [0.1, 0.15) is 0 Å². The first kappa shape index (κ1) is 14.8. The molecule has 0 radical (unpaired) electrons. The van der Waals surface area contributed by atoms with E-state index in [1.165, 1.54) is 0 Å². The molecule has 0 aliphatic carbocycles. The quantitative estimate of drug-likeness (QED) is 0.654. The van der Waals surface area contributed by atoms with Crippen LogP contribution in [0.25, 0.3) is 0 Å².